The van der Waals surface area contributed by atoms with Crippen LogP contribution < -0.4 is 11.2 Å². The Bertz CT molecular complexity index is 641. The first-order valence-electron chi connectivity index (χ1n) is 5.94. The third-order valence-electron chi connectivity index (χ3n) is 2.98. The van der Waals surface area contributed by atoms with Crippen molar-refractivity contribution >= 4 is 0 Å². The van der Waals surface area contributed by atoms with Crippen LogP contribution in [0.2, 0.25) is 0 Å². The van der Waals surface area contributed by atoms with Gasteiger partial charge in [-0.1, -0.05) is 30.3 Å². The summed E-state index contributed by atoms with van der Waals surface area (Å²) in [5.41, 5.74) is 1.17. The Morgan fingerprint density at radius 1 is 1.22 bits per heavy atom. The molecule has 0 saturated heterocycles. The highest BCUT2D eigenvalue weighted by atomic mass is 16.2. The number of nitrogens with zero attached hydrogens (tertiary/aromatic N) is 1. The predicted octanol–water partition coefficient (Wildman–Crippen LogP) is 1.65. The van der Waals surface area contributed by atoms with E-state index in [1.807, 2.05) is 37.3 Å². The van der Waals surface area contributed by atoms with Gasteiger partial charge in [-0.3, -0.25) is 14.3 Å². The fourth-order valence-corrected chi connectivity index (χ4v) is 2.22. The van der Waals surface area contributed by atoms with Crippen molar-refractivity contribution in [2.45, 2.75) is 26.3 Å². The highest BCUT2D eigenvalue weighted by molar-refractivity contribution is 5.16. The summed E-state index contributed by atoms with van der Waals surface area (Å²) in [6, 6.07) is 11.4. The molecule has 0 radical (unpaired) electrons. The topological polar surface area (TPSA) is 54.9 Å². The van der Waals surface area contributed by atoms with Crippen LogP contribution in [0.15, 0.2) is 46.0 Å². The van der Waals surface area contributed by atoms with Crippen LogP contribution in [-0.2, 0) is 6.42 Å². The molecule has 1 unspecified atom stereocenters. The summed E-state index contributed by atoms with van der Waals surface area (Å²) in [5, 5.41) is 0. The quantitative estimate of drug-likeness (QED) is 0.892. The van der Waals surface area contributed by atoms with Gasteiger partial charge in [0.25, 0.3) is 5.56 Å². The van der Waals surface area contributed by atoms with Gasteiger partial charge in [-0.2, -0.15) is 0 Å². The molecule has 0 spiro atoms. The van der Waals surface area contributed by atoms with Crippen LogP contribution in [0.25, 0.3) is 0 Å². The summed E-state index contributed by atoms with van der Waals surface area (Å²) in [6.07, 6.45) is 0.758. The minimum Gasteiger partial charge on any atom is -0.295 e. The van der Waals surface area contributed by atoms with E-state index < -0.39 is 0 Å². The van der Waals surface area contributed by atoms with Crippen molar-refractivity contribution in [2.75, 3.05) is 0 Å². The van der Waals surface area contributed by atoms with Gasteiger partial charge < -0.3 is 0 Å². The van der Waals surface area contributed by atoms with Gasteiger partial charge in [0.15, 0.2) is 0 Å². The molecule has 2 rings (SSSR count). The van der Waals surface area contributed by atoms with E-state index in [1.54, 1.807) is 11.5 Å². The zero-order valence-corrected chi connectivity index (χ0v) is 10.5. The largest absolute Gasteiger partial charge is 0.328 e. The first kappa shape index (κ1) is 12.4. The standard InChI is InChI=1S/C14H16N2O2/c1-10(8-12-6-4-3-5-7-12)16-11(2)9-13(17)15-14(16)18/h3-7,9-10H,8H2,1-2H3,(H,15,17,18). The molecular weight excluding hydrogens is 228 g/mol. The van der Waals surface area contributed by atoms with E-state index in [9.17, 15) is 9.59 Å². The lowest BCUT2D eigenvalue weighted by Gasteiger charge is -2.17. The molecule has 0 bridgehead atoms. The monoisotopic (exact) mass is 244 g/mol. The van der Waals surface area contributed by atoms with E-state index in [4.69, 9.17) is 0 Å². The number of aromatic amines is 1. The number of benzene rings is 1. The fraction of sp³-hybridized carbons (Fsp3) is 0.286. The highest BCUT2D eigenvalue weighted by Crippen LogP contribution is 2.12. The van der Waals surface area contributed by atoms with Crippen LogP contribution in [0.4, 0.5) is 0 Å². The predicted molar refractivity (Wildman–Crippen MR) is 70.9 cm³/mol. The van der Waals surface area contributed by atoms with E-state index in [2.05, 4.69) is 4.98 Å². The average molecular weight is 244 g/mol. The second kappa shape index (κ2) is 5.04. The number of rotatable bonds is 3. The van der Waals surface area contributed by atoms with E-state index in [0.29, 0.717) is 5.69 Å². The number of H-pyrrole nitrogens is 1. The summed E-state index contributed by atoms with van der Waals surface area (Å²) >= 11 is 0. The van der Waals surface area contributed by atoms with Crippen molar-refractivity contribution < 1.29 is 0 Å². The van der Waals surface area contributed by atoms with Gasteiger partial charge in [0.1, 0.15) is 0 Å². The van der Waals surface area contributed by atoms with Gasteiger partial charge in [0.2, 0.25) is 0 Å². The molecule has 18 heavy (non-hydrogen) atoms. The van der Waals surface area contributed by atoms with E-state index in [1.165, 1.54) is 11.6 Å². The van der Waals surface area contributed by atoms with Crippen LogP contribution in [0, 0.1) is 6.92 Å². The molecule has 0 saturated carbocycles. The molecule has 1 aromatic heterocycles. The van der Waals surface area contributed by atoms with E-state index in [-0.39, 0.29) is 17.3 Å². The molecule has 4 heteroatoms. The van der Waals surface area contributed by atoms with Gasteiger partial charge >= 0.3 is 5.69 Å². The number of aryl methyl sites for hydroxylation is 1. The molecule has 1 heterocycles. The van der Waals surface area contributed by atoms with Gasteiger partial charge in [-0.15, -0.1) is 0 Å². The van der Waals surface area contributed by atoms with Crippen molar-refractivity contribution in [3.63, 3.8) is 0 Å². The van der Waals surface area contributed by atoms with Crippen molar-refractivity contribution in [1.82, 2.24) is 9.55 Å². The lowest BCUT2D eigenvalue weighted by Crippen LogP contribution is -2.33. The van der Waals surface area contributed by atoms with E-state index in [0.717, 1.165) is 6.42 Å². The molecule has 94 valence electrons. The van der Waals surface area contributed by atoms with Gasteiger partial charge in [0.05, 0.1) is 0 Å². The maximum atomic E-state index is 11.8. The lowest BCUT2D eigenvalue weighted by molar-refractivity contribution is 0.501. The first-order chi connectivity index (χ1) is 8.58. The Hall–Kier alpha value is -2.10. The Kier molecular flexibility index (Phi) is 3.46. The summed E-state index contributed by atoms with van der Waals surface area (Å²) < 4.78 is 1.62. The molecule has 0 fully saturated rings. The number of nitrogens with one attached hydrogen (secondary N) is 1. The van der Waals surface area contributed by atoms with Crippen molar-refractivity contribution in [3.05, 3.63) is 68.5 Å². The summed E-state index contributed by atoms with van der Waals surface area (Å²) in [5.74, 6) is 0. The fourth-order valence-electron chi connectivity index (χ4n) is 2.22. The molecule has 0 aliphatic rings. The lowest BCUT2D eigenvalue weighted by atomic mass is 10.1. The molecule has 0 amide bonds. The van der Waals surface area contributed by atoms with Crippen molar-refractivity contribution in [1.29, 1.82) is 0 Å². The Labute approximate surface area is 105 Å². The molecule has 1 N–H and O–H groups in total. The molecule has 0 aliphatic carbocycles. The van der Waals surface area contributed by atoms with Gasteiger partial charge in [-0.05, 0) is 25.8 Å². The highest BCUT2D eigenvalue weighted by Gasteiger charge is 2.10. The molecule has 4 nitrogen and oxygen atoms in total. The van der Waals surface area contributed by atoms with Crippen LogP contribution in [-0.4, -0.2) is 9.55 Å². The average Bonchev–Trinajstić information content (AvgIpc) is 2.28. The van der Waals surface area contributed by atoms with E-state index >= 15 is 0 Å². The summed E-state index contributed by atoms with van der Waals surface area (Å²) in [4.78, 5) is 25.3. The Balaban J connectivity index is 2.33. The minimum absolute atomic E-state index is 0.0109. The molecule has 0 aliphatic heterocycles. The first-order valence-corrected chi connectivity index (χ1v) is 5.94. The normalized spacial score (nSPS) is 12.3. The van der Waals surface area contributed by atoms with Crippen LogP contribution >= 0.6 is 0 Å². The number of aromatic nitrogens is 2. The summed E-state index contributed by atoms with van der Waals surface area (Å²) in [7, 11) is 0. The zero-order valence-electron chi connectivity index (χ0n) is 10.5. The summed E-state index contributed by atoms with van der Waals surface area (Å²) in [6.45, 7) is 3.75. The molecule has 1 aromatic carbocycles. The number of hydrogen-bond donors (Lipinski definition) is 1. The van der Waals surface area contributed by atoms with Gasteiger partial charge in [-0.25, -0.2) is 4.79 Å². The van der Waals surface area contributed by atoms with Crippen LogP contribution in [0.1, 0.15) is 24.2 Å². The SMILES string of the molecule is Cc1cc(=O)[nH]c(=O)n1C(C)Cc1ccccc1. The maximum absolute atomic E-state index is 11.8. The van der Waals surface area contributed by atoms with Crippen molar-refractivity contribution in [3.8, 4) is 0 Å². The minimum atomic E-state index is -0.347. The molecule has 2 aromatic rings. The van der Waals surface area contributed by atoms with Crippen molar-refractivity contribution in [2.24, 2.45) is 0 Å². The van der Waals surface area contributed by atoms with Crippen LogP contribution in [0.5, 0.6) is 0 Å². The molecule has 1 atom stereocenters. The zero-order chi connectivity index (χ0) is 13.1. The second-order valence-electron chi connectivity index (χ2n) is 4.49. The third kappa shape index (κ3) is 2.59. The Morgan fingerprint density at radius 2 is 1.89 bits per heavy atom. The second-order valence-corrected chi connectivity index (χ2v) is 4.49. The number of hydrogen-bond acceptors (Lipinski definition) is 2. The Morgan fingerprint density at radius 3 is 2.50 bits per heavy atom. The van der Waals surface area contributed by atoms with Crippen LogP contribution in [0.3, 0.4) is 0 Å². The maximum Gasteiger partial charge on any atom is 0.328 e. The molecular formula is C14H16N2O2. The third-order valence-corrected chi connectivity index (χ3v) is 2.98. The smallest absolute Gasteiger partial charge is 0.295 e. The van der Waals surface area contributed by atoms with Gasteiger partial charge in [0, 0.05) is 17.8 Å².